The number of halogens is 3. The molecule has 1 aromatic heterocycles. The average molecular weight is 346 g/mol. The number of rotatable bonds is 2. The number of carboxylic acid groups (broad SMARTS) is 2. The minimum Gasteiger partial charge on any atom is -0.481 e. The van der Waals surface area contributed by atoms with E-state index in [4.69, 9.17) is 20.3 Å². The zero-order valence-electron chi connectivity index (χ0n) is 12.2. The highest BCUT2D eigenvalue weighted by atomic mass is 19.4. The number of hydrogen-bond donors (Lipinski definition) is 2. The van der Waals surface area contributed by atoms with Crippen LogP contribution in [0.4, 0.5) is 19.1 Å². The van der Waals surface area contributed by atoms with Gasteiger partial charge in [-0.1, -0.05) is 0 Å². The van der Waals surface area contributed by atoms with Crippen molar-refractivity contribution in [3.05, 3.63) is 18.0 Å². The lowest BCUT2D eigenvalue weighted by Crippen LogP contribution is -2.37. The van der Waals surface area contributed by atoms with Gasteiger partial charge < -0.3 is 15.1 Å². The Labute approximate surface area is 134 Å². The van der Waals surface area contributed by atoms with E-state index >= 15 is 0 Å². The van der Waals surface area contributed by atoms with E-state index in [-0.39, 0.29) is 5.92 Å². The normalized spacial score (nSPS) is 15.0. The third kappa shape index (κ3) is 5.71. The summed E-state index contributed by atoms with van der Waals surface area (Å²) in [6, 6.07) is 3.51. The molecule has 0 aliphatic carbocycles. The van der Waals surface area contributed by atoms with Crippen molar-refractivity contribution in [1.29, 1.82) is 5.26 Å². The summed E-state index contributed by atoms with van der Waals surface area (Å²) in [5.74, 6) is -3.26. The van der Waals surface area contributed by atoms with Crippen molar-refractivity contribution in [3.63, 3.8) is 0 Å². The number of nitriles is 1. The molecule has 0 saturated carbocycles. The van der Waals surface area contributed by atoms with Gasteiger partial charge in [0, 0.05) is 19.3 Å². The summed E-state index contributed by atoms with van der Waals surface area (Å²) < 4.78 is 31.7. The van der Waals surface area contributed by atoms with Gasteiger partial charge in [-0.15, -0.1) is 0 Å². The number of piperidine rings is 1. The molecular formula is C13H13F3N4O4. The predicted octanol–water partition coefficient (Wildman–Crippen LogP) is 1.28. The number of anilines is 1. The fourth-order valence-corrected chi connectivity index (χ4v) is 1.89. The Morgan fingerprint density at radius 2 is 1.83 bits per heavy atom. The number of alkyl halides is 3. The van der Waals surface area contributed by atoms with Gasteiger partial charge in [-0.25, -0.2) is 14.8 Å². The standard InChI is InChI=1S/C11H12N4O2.C2HF3O2/c12-7-9-1-4-13-11(14-9)15-5-2-8(3-6-15)10(16)17;3-2(4,5)1(6)7/h1,4,8H,2-3,5-6H2,(H,16,17);(H,6,7). The molecule has 1 aliphatic rings. The third-order valence-electron chi connectivity index (χ3n) is 3.13. The van der Waals surface area contributed by atoms with Crippen LogP contribution in [0.2, 0.25) is 0 Å². The second kappa shape index (κ2) is 8.09. The molecular weight excluding hydrogens is 333 g/mol. The Bertz CT molecular complexity index is 637. The van der Waals surface area contributed by atoms with Gasteiger partial charge in [0.25, 0.3) is 0 Å². The molecule has 1 aromatic rings. The van der Waals surface area contributed by atoms with E-state index in [1.54, 1.807) is 12.3 Å². The highest BCUT2D eigenvalue weighted by molar-refractivity contribution is 5.73. The lowest BCUT2D eigenvalue weighted by molar-refractivity contribution is -0.192. The average Bonchev–Trinajstić information content (AvgIpc) is 2.54. The number of carboxylic acids is 2. The van der Waals surface area contributed by atoms with E-state index in [2.05, 4.69) is 9.97 Å². The summed E-state index contributed by atoms with van der Waals surface area (Å²) in [6.45, 7) is 1.23. The zero-order chi connectivity index (χ0) is 18.3. The first-order chi connectivity index (χ1) is 11.1. The smallest absolute Gasteiger partial charge is 0.481 e. The first-order valence-corrected chi connectivity index (χ1v) is 6.66. The number of hydrogen-bond acceptors (Lipinski definition) is 6. The van der Waals surface area contributed by atoms with Gasteiger partial charge in [-0.3, -0.25) is 4.79 Å². The minimum atomic E-state index is -5.08. The molecule has 0 radical (unpaired) electrons. The molecule has 2 heterocycles. The van der Waals surface area contributed by atoms with E-state index in [0.29, 0.717) is 37.6 Å². The summed E-state index contributed by atoms with van der Waals surface area (Å²) in [4.78, 5) is 29.8. The summed E-state index contributed by atoms with van der Waals surface area (Å²) in [6.07, 6.45) is -2.35. The van der Waals surface area contributed by atoms with Gasteiger partial charge in [-0.2, -0.15) is 18.4 Å². The molecule has 0 amide bonds. The van der Waals surface area contributed by atoms with Gasteiger partial charge >= 0.3 is 18.1 Å². The molecule has 1 saturated heterocycles. The second-order valence-corrected chi connectivity index (χ2v) is 4.76. The monoisotopic (exact) mass is 346 g/mol. The molecule has 1 fully saturated rings. The van der Waals surface area contributed by atoms with Crippen LogP contribution in [0.1, 0.15) is 18.5 Å². The Hall–Kier alpha value is -2.90. The molecule has 0 atom stereocenters. The molecule has 2 N–H and O–H groups in total. The van der Waals surface area contributed by atoms with Crippen LogP contribution in [-0.2, 0) is 9.59 Å². The molecule has 24 heavy (non-hydrogen) atoms. The van der Waals surface area contributed by atoms with E-state index in [1.165, 1.54) is 0 Å². The van der Waals surface area contributed by atoms with Crippen molar-refractivity contribution < 1.29 is 33.0 Å². The minimum absolute atomic E-state index is 0.273. The number of nitrogens with zero attached hydrogens (tertiary/aromatic N) is 4. The SMILES string of the molecule is N#Cc1ccnc(N2CCC(C(=O)O)CC2)n1.O=C(O)C(F)(F)F. The van der Waals surface area contributed by atoms with Crippen LogP contribution in [-0.4, -0.2) is 51.4 Å². The van der Waals surface area contributed by atoms with E-state index in [0.717, 1.165) is 0 Å². The van der Waals surface area contributed by atoms with Gasteiger partial charge in [0.2, 0.25) is 5.95 Å². The summed E-state index contributed by atoms with van der Waals surface area (Å²) in [7, 11) is 0. The highest BCUT2D eigenvalue weighted by Crippen LogP contribution is 2.20. The van der Waals surface area contributed by atoms with Crippen molar-refractivity contribution in [3.8, 4) is 6.07 Å². The van der Waals surface area contributed by atoms with E-state index < -0.39 is 18.1 Å². The lowest BCUT2D eigenvalue weighted by atomic mass is 9.97. The number of aromatic nitrogens is 2. The maximum absolute atomic E-state index is 10.8. The molecule has 8 nitrogen and oxygen atoms in total. The van der Waals surface area contributed by atoms with Crippen LogP contribution >= 0.6 is 0 Å². The molecule has 0 unspecified atom stereocenters. The van der Waals surface area contributed by atoms with Crippen molar-refractivity contribution in [2.75, 3.05) is 18.0 Å². The molecule has 130 valence electrons. The fraction of sp³-hybridized carbons (Fsp3) is 0.462. The van der Waals surface area contributed by atoms with Crippen molar-refractivity contribution in [2.45, 2.75) is 19.0 Å². The largest absolute Gasteiger partial charge is 0.490 e. The number of carbonyl (C=O) groups is 2. The molecule has 11 heteroatoms. The van der Waals surface area contributed by atoms with Gasteiger partial charge in [0.1, 0.15) is 11.8 Å². The Morgan fingerprint density at radius 1 is 1.29 bits per heavy atom. The molecule has 0 aromatic carbocycles. The molecule has 0 spiro atoms. The first-order valence-electron chi connectivity index (χ1n) is 6.66. The Kier molecular flexibility index (Phi) is 6.46. The van der Waals surface area contributed by atoms with Crippen LogP contribution in [0.25, 0.3) is 0 Å². The highest BCUT2D eigenvalue weighted by Gasteiger charge is 2.38. The predicted molar refractivity (Wildman–Crippen MR) is 73.0 cm³/mol. The van der Waals surface area contributed by atoms with Crippen LogP contribution in [0.15, 0.2) is 12.3 Å². The fourth-order valence-electron chi connectivity index (χ4n) is 1.89. The van der Waals surface area contributed by atoms with Crippen LogP contribution in [0.3, 0.4) is 0 Å². The molecule has 2 rings (SSSR count). The van der Waals surface area contributed by atoms with E-state index in [1.807, 2.05) is 11.0 Å². The van der Waals surface area contributed by atoms with Gasteiger partial charge in [0.15, 0.2) is 0 Å². The van der Waals surface area contributed by atoms with Crippen LogP contribution in [0.5, 0.6) is 0 Å². The molecule has 0 bridgehead atoms. The topological polar surface area (TPSA) is 127 Å². The third-order valence-corrected chi connectivity index (χ3v) is 3.13. The Morgan fingerprint density at radius 3 is 2.25 bits per heavy atom. The maximum atomic E-state index is 10.8. The second-order valence-electron chi connectivity index (χ2n) is 4.76. The van der Waals surface area contributed by atoms with Crippen LogP contribution < -0.4 is 4.90 Å². The molecule has 1 aliphatic heterocycles. The van der Waals surface area contributed by atoms with Crippen molar-refractivity contribution in [1.82, 2.24) is 9.97 Å². The van der Waals surface area contributed by atoms with Crippen molar-refractivity contribution in [2.24, 2.45) is 5.92 Å². The quantitative estimate of drug-likeness (QED) is 0.820. The zero-order valence-corrected chi connectivity index (χ0v) is 12.2. The summed E-state index contributed by atoms with van der Waals surface area (Å²) in [5.41, 5.74) is 0.329. The van der Waals surface area contributed by atoms with E-state index in [9.17, 15) is 18.0 Å². The van der Waals surface area contributed by atoms with Gasteiger partial charge in [-0.05, 0) is 18.9 Å². The summed E-state index contributed by atoms with van der Waals surface area (Å²) in [5, 5.41) is 24.7. The van der Waals surface area contributed by atoms with Crippen LogP contribution in [0, 0.1) is 17.2 Å². The first kappa shape index (κ1) is 19.1. The number of aliphatic carboxylic acids is 2. The maximum Gasteiger partial charge on any atom is 0.490 e. The lowest BCUT2D eigenvalue weighted by Gasteiger charge is -2.29. The van der Waals surface area contributed by atoms with Gasteiger partial charge in [0.05, 0.1) is 5.92 Å². The van der Waals surface area contributed by atoms with Crippen molar-refractivity contribution >= 4 is 17.9 Å². The summed E-state index contributed by atoms with van der Waals surface area (Å²) >= 11 is 0. The Balaban J connectivity index is 0.000000351.